The third kappa shape index (κ3) is 2.99. The van der Waals surface area contributed by atoms with Gasteiger partial charge in [0.2, 0.25) is 10.0 Å². The minimum atomic E-state index is -3.48. The molecular weight excluding hydrogens is 266 g/mol. The maximum absolute atomic E-state index is 11.6. The van der Waals surface area contributed by atoms with Gasteiger partial charge in [-0.2, -0.15) is 0 Å². The minimum Gasteiger partial charge on any atom is -0.397 e. The van der Waals surface area contributed by atoms with Gasteiger partial charge in [-0.15, -0.1) is 0 Å². The van der Waals surface area contributed by atoms with E-state index in [0.717, 1.165) is 19.3 Å². The molecule has 1 aliphatic carbocycles. The number of nitrogens with two attached hydrogens (primary N) is 1. The highest BCUT2D eigenvalue weighted by molar-refractivity contribution is 7.89. The molecular formula is C12H19N3O3S. The molecule has 0 aliphatic heterocycles. The summed E-state index contributed by atoms with van der Waals surface area (Å²) in [7, 11) is -2.13. The third-order valence-electron chi connectivity index (χ3n) is 3.49. The van der Waals surface area contributed by atoms with Gasteiger partial charge in [-0.3, -0.25) is 0 Å². The van der Waals surface area contributed by atoms with Crippen molar-refractivity contribution >= 4 is 21.4 Å². The first kappa shape index (κ1) is 14.1. The van der Waals surface area contributed by atoms with Crippen LogP contribution in [0.2, 0.25) is 0 Å². The smallest absolute Gasteiger partial charge is 0.240 e. The summed E-state index contributed by atoms with van der Waals surface area (Å²) in [5.41, 5.74) is 6.16. The summed E-state index contributed by atoms with van der Waals surface area (Å²) in [5.74, 6) is 0. The summed E-state index contributed by atoms with van der Waals surface area (Å²) in [6.45, 7) is 0.426. The first-order chi connectivity index (χ1) is 8.86. The quantitative estimate of drug-likeness (QED) is 0.590. The summed E-state index contributed by atoms with van der Waals surface area (Å²) < 4.78 is 25.5. The Morgan fingerprint density at radius 2 is 2.11 bits per heavy atom. The zero-order chi connectivity index (χ0) is 14.1. The van der Waals surface area contributed by atoms with Gasteiger partial charge in [0, 0.05) is 6.54 Å². The molecule has 1 aliphatic rings. The normalized spacial score (nSPS) is 17.8. The SMILES string of the molecule is CNS(=O)(=O)c1ccc(NCC2(O)CCC2)c(N)c1. The van der Waals surface area contributed by atoms with E-state index in [-0.39, 0.29) is 4.90 Å². The van der Waals surface area contributed by atoms with Gasteiger partial charge >= 0.3 is 0 Å². The van der Waals surface area contributed by atoms with Crippen LogP contribution < -0.4 is 15.8 Å². The molecule has 0 heterocycles. The van der Waals surface area contributed by atoms with Gasteiger partial charge in [0.25, 0.3) is 0 Å². The molecule has 7 heteroatoms. The van der Waals surface area contributed by atoms with E-state index in [2.05, 4.69) is 10.0 Å². The van der Waals surface area contributed by atoms with Gasteiger partial charge in [-0.1, -0.05) is 0 Å². The predicted molar refractivity (Wildman–Crippen MR) is 74.4 cm³/mol. The van der Waals surface area contributed by atoms with E-state index in [1.807, 2.05) is 0 Å². The predicted octanol–water partition coefficient (Wildman–Crippen LogP) is 0.504. The molecule has 106 valence electrons. The molecule has 0 radical (unpaired) electrons. The molecule has 1 fully saturated rings. The summed E-state index contributed by atoms with van der Waals surface area (Å²) in [5, 5.41) is 13.0. The molecule has 0 amide bonds. The van der Waals surface area contributed by atoms with E-state index in [1.54, 1.807) is 6.07 Å². The highest BCUT2D eigenvalue weighted by Gasteiger charge is 2.34. The second kappa shape index (κ2) is 4.99. The van der Waals surface area contributed by atoms with Gasteiger partial charge in [0.05, 0.1) is 21.9 Å². The van der Waals surface area contributed by atoms with Crippen LogP contribution in [0.4, 0.5) is 11.4 Å². The second-order valence-electron chi connectivity index (χ2n) is 4.89. The van der Waals surface area contributed by atoms with E-state index in [1.165, 1.54) is 19.2 Å². The van der Waals surface area contributed by atoms with Crippen LogP contribution in [-0.4, -0.2) is 32.7 Å². The molecule has 0 spiro atoms. The van der Waals surface area contributed by atoms with Crippen LogP contribution in [0.15, 0.2) is 23.1 Å². The topological polar surface area (TPSA) is 104 Å². The second-order valence-corrected chi connectivity index (χ2v) is 6.77. The summed E-state index contributed by atoms with van der Waals surface area (Å²) in [6.07, 6.45) is 2.60. The number of hydrogen-bond donors (Lipinski definition) is 4. The number of hydrogen-bond acceptors (Lipinski definition) is 5. The van der Waals surface area contributed by atoms with Crippen LogP contribution in [0, 0.1) is 0 Å². The van der Waals surface area contributed by atoms with Crippen molar-refractivity contribution in [1.82, 2.24) is 4.72 Å². The fourth-order valence-electron chi connectivity index (χ4n) is 2.01. The average Bonchev–Trinajstić information content (AvgIpc) is 2.35. The lowest BCUT2D eigenvalue weighted by atomic mass is 9.80. The lowest BCUT2D eigenvalue weighted by Gasteiger charge is -2.37. The van der Waals surface area contributed by atoms with Gasteiger partial charge in [0.15, 0.2) is 0 Å². The largest absolute Gasteiger partial charge is 0.397 e. The van der Waals surface area contributed by atoms with Crippen LogP contribution in [-0.2, 0) is 10.0 Å². The number of nitrogen functional groups attached to an aromatic ring is 1. The Labute approximate surface area is 113 Å². The third-order valence-corrected chi connectivity index (χ3v) is 4.91. The fourth-order valence-corrected chi connectivity index (χ4v) is 2.77. The Bertz CT molecular complexity index is 568. The fraction of sp³-hybridized carbons (Fsp3) is 0.500. The summed E-state index contributed by atoms with van der Waals surface area (Å²) in [6, 6.07) is 4.50. The van der Waals surface area contributed by atoms with Crippen LogP contribution in [0.25, 0.3) is 0 Å². The molecule has 0 unspecified atom stereocenters. The van der Waals surface area contributed by atoms with Crippen molar-refractivity contribution < 1.29 is 13.5 Å². The average molecular weight is 285 g/mol. The highest BCUT2D eigenvalue weighted by Crippen LogP contribution is 2.32. The van der Waals surface area contributed by atoms with Crippen molar-refractivity contribution in [2.75, 3.05) is 24.6 Å². The number of sulfonamides is 1. The standard InChI is InChI=1S/C12H19N3O3S/c1-14-19(17,18)9-3-4-11(10(13)7-9)15-8-12(16)5-2-6-12/h3-4,7,14-16H,2,5-6,8,13H2,1H3. The molecule has 5 N–H and O–H groups in total. The lowest BCUT2D eigenvalue weighted by molar-refractivity contribution is -0.0201. The molecule has 6 nitrogen and oxygen atoms in total. The van der Waals surface area contributed by atoms with Gasteiger partial charge < -0.3 is 16.2 Å². The first-order valence-corrected chi connectivity index (χ1v) is 7.64. The Morgan fingerprint density at radius 1 is 1.42 bits per heavy atom. The molecule has 19 heavy (non-hydrogen) atoms. The maximum Gasteiger partial charge on any atom is 0.240 e. The molecule has 1 saturated carbocycles. The van der Waals surface area contributed by atoms with Crippen molar-refractivity contribution in [2.45, 2.75) is 29.8 Å². The lowest BCUT2D eigenvalue weighted by Crippen LogP contribution is -2.43. The Morgan fingerprint density at radius 3 is 2.58 bits per heavy atom. The van der Waals surface area contributed by atoms with E-state index >= 15 is 0 Å². The van der Waals surface area contributed by atoms with Crippen molar-refractivity contribution in [1.29, 1.82) is 0 Å². The van der Waals surface area contributed by atoms with Crippen LogP contribution in [0.3, 0.4) is 0 Å². The van der Waals surface area contributed by atoms with Crippen molar-refractivity contribution in [2.24, 2.45) is 0 Å². The maximum atomic E-state index is 11.6. The van der Waals surface area contributed by atoms with Crippen molar-refractivity contribution in [3.8, 4) is 0 Å². The monoisotopic (exact) mass is 285 g/mol. The van der Waals surface area contributed by atoms with Crippen LogP contribution in [0.5, 0.6) is 0 Å². The molecule has 0 aromatic heterocycles. The van der Waals surface area contributed by atoms with Crippen LogP contribution >= 0.6 is 0 Å². The van der Waals surface area contributed by atoms with E-state index in [0.29, 0.717) is 17.9 Å². The summed E-state index contributed by atoms with van der Waals surface area (Å²) >= 11 is 0. The number of rotatable bonds is 5. The Balaban J connectivity index is 2.11. The molecule has 0 saturated heterocycles. The summed E-state index contributed by atoms with van der Waals surface area (Å²) in [4.78, 5) is 0.125. The van der Waals surface area contributed by atoms with E-state index in [4.69, 9.17) is 5.73 Å². The molecule has 2 rings (SSSR count). The number of nitrogens with one attached hydrogen (secondary N) is 2. The highest BCUT2D eigenvalue weighted by atomic mass is 32.2. The number of benzene rings is 1. The van der Waals surface area contributed by atoms with Crippen molar-refractivity contribution in [3.63, 3.8) is 0 Å². The minimum absolute atomic E-state index is 0.125. The number of aliphatic hydroxyl groups is 1. The molecule has 0 bridgehead atoms. The number of anilines is 2. The van der Waals surface area contributed by atoms with E-state index in [9.17, 15) is 13.5 Å². The molecule has 1 aromatic carbocycles. The zero-order valence-corrected chi connectivity index (χ0v) is 11.6. The van der Waals surface area contributed by atoms with Gasteiger partial charge in [-0.25, -0.2) is 13.1 Å². The van der Waals surface area contributed by atoms with Crippen LogP contribution in [0.1, 0.15) is 19.3 Å². The van der Waals surface area contributed by atoms with Crippen molar-refractivity contribution in [3.05, 3.63) is 18.2 Å². The van der Waals surface area contributed by atoms with E-state index < -0.39 is 15.6 Å². The molecule has 0 atom stereocenters. The first-order valence-electron chi connectivity index (χ1n) is 6.16. The Kier molecular flexibility index (Phi) is 3.71. The van der Waals surface area contributed by atoms with Gasteiger partial charge in [0.1, 0.15) is 0 Å². The van der Waals surface area contributed by atoms with Gasteiger partial charge in [-0.05, 0) is 44.5 Å². The zero-order valence-electron chi connectivity index (χ0n) is 10.8. The molecule has 1 aromatic rings. The Hall–Kier alpha value is -1.31.